The molecule has 0 saturated carbocycles. The summed E-state index contributed by atoms with van der Waals surface area (Å²) in [5.74, 6) is -1.99. The molecule has 5 nitrogen and oxygen atoms in total. The minimum Gasteiger partial charge on any atom is -0.494 e. The first-order chi connectivity index (χ1) is 15.2. The molecule has 0 aliphatic carbocycles. The van der Waals surface area contributed by atoms with E-state index in [1.807, 2.05) is 0 Å². The number of rotatable bonds is 5. The van der Waals surface area contributed by atoms with E-state index in [9.17, 15) is 22.0 Å². The molecule has 4 rings (SSSR count). The lowest BCUT2D eigenvalue weighted by atomic mass is 10.1. The summed E-state index contributed by atoms with van der Waals surface area (Å²) in [6.07, 6.45) is -4.74. The molecule has 4 aromatic rings. The summed E-state index contributed by atoms with van der Waals surface area (Å²) in [5, 5.41) is 4.25. The van der Waals surface area contributed by atoms with E-state index in [0.717, 1.165) is 12.1 Å². The van der Waals surface area contributed by atoms with Crippen LogP contribution in [0.3, 0.4) is 0 Å². The summed E-state index contributed by atoms with van der Waals surface area (Å²) in [7, 11) is 0. The molecule has 0 fully saturated rings. The standard InChI is InChI=1S/C21H14ClF5N4O/c1-2-32-11-7-14(23)13(15(24)8-11)10-31-16-6-4-3-5-12(16)19(30-31)20-28-17(21(25,26)27)9-18(22)29-20/h3-9H,2,10H2,1H3. The topological polar surface area (TPSA) is 52.8 Å². The Kier molecular flexibility index (Phi) is 5.72. The summed E-state index contributed by atoms with van der Waals surface area (Å²) >= 11 is 5.78. The maximum absolute atomic E-state index is 14.6. The maximum atomic E-state index is 14.6. The van der Waals surface area contributed by atoms with Crippen molar-refractivity contribution in [3.05, 3.63) is 70.5 Å². The minimum atomic E-state index is -4.74. The van der Waals surface area contributed by atoms with Crippen LogP contribution in [0.1, 0.15) is 18.2 Å². The van der Waals surface area contributed by atoms with Gasteiger partial charge in [-0.25, -0.2) is 18.7 Å². The average Bonchev–Trinajstić information content (AvgIpc) is 3.08. The van der Waals surface area contributed by atoms with Gasteiger partial charge < -0.3 is 4.74 Å². The van der Waals surface area contributed by atoms with E-state index < -0.39 is 28.7 Å². The largest absolute Gasteiger partial charge is 0.494 e. The van der Waals surface area contributed by atoms with Crippen LogP contribution in [0.2, 0.25) is 5.15 Å². The fourth-order valence-corrected chi connectivity index (χ4v) is 3.40. The summed E-state index contributed by atoms with van der Waals surface area (Å²) < 4.78 is 75.1. The first-order valence-corrected chi connectivity index (χ1v) is 9.73. The molecule has 0 aliphatic rings. The molecule has 2 aromatic heterocycles. The molecule has 0 bridgehead atoms. The smallest absolute Gasteiger partial charge is 0.433 e. The number of aromatic nitrogens is 4. The number of benzene rings is 2. The van der Waals surface area contributed by atoms with Crippen molar-refractivity contribution in [2.75, 3.05) is 6.61 Å². The minimum absolute atomic E-state index is 0.000327. The van der Waals surface area contributed by atoms with Gasteiger partial charge in [-0.2, -0.15) is 18.3 Å². The quantitative estimate of drug-likeness (QED) is 0.271. The predicted molar refractivity (Wildman–Crippen MR) is 107 cm³/mol. The van der Waals surface area contributed by atoms with Crippen LogP contribution in [-0.4, -0.2) is 26.4 Å². The Labute approximate surface area is 183 Å². The van der Waals surface area contributed by atoms with Crippen molar-refractivity contribution in [2.24, 2.45) is 0 Å². The molecular formula is C21H14ClF5N4O. The van der Waals surface area contributed by atoms with Crippen molar-refractivity contribution in [1.82, 2.24) is 19.7 Å². The van der Waals surface area contributed by atoms with Gasteiger partial charge in [-0.05, 0) is 13.0 Å². The second-order valence-electron chi connectivity index (χ2n) is 6.72. The first kappa shape index (κ1) is 21.9. The third kappa shape index (κ3) is 4.22. The zero-order chi connectivity index (χ0) is 23.0. The Bertz CT molecular complexity index is 1280. The van der Waals surface area contributed by atoms with Gasteiger partial charge in [0.25, 0.3) is 0 Å². The second kappa shape index (κ2) is 8.34. The highest BCUT2D eigenvalue weighted by Crippen LogP contribution is 2.33. The Balaban J connectivity index is 1.83. The average molecular weight is 469 g/mol. The highest BCUT2D eigenvalue weighted by atomic mass is 35.5. The molecule has 0 unspecified atom stereocenters. The van der Waals surface area contributed by atoms with Crippen LogP contribution in [0.4, 0.5) is 22.0 Å². The first-order valence-electron chi connectivity index (χ1n) is 9.35. The van der Waals surface area contributed by atoms with Gasteiger partial charge in [0.1, 0.15) is 33.9 Å². The zero-order valence-corrected chi connectivity index (χ0v) is 17.2. The Morgan fingerprint density at radius 1 is 1.03 bits per heavy atom. The van der Waals surface area contributed by atoms with Crippen LogP contribution in [-0.2, 0) is 12.7 Å². The third-order valence-corrected chi connectivity index (χ3v) is 4.78. The fourth-order valence-electron chi connectivity index (χ4n) is 3.21. The lowest BCUT2D eigenvalue weighted by Gasteiger charge is -2.10. The predicted octanol–water partition coefficient (Wildman–Crippen LogP) is 5.89. The highest BCUT2D eigenvalue weighted by molar-refractivity contribution is 6.29. The van der Waals surface area contributed by atoms with Crippen LogP contribution in [0, 0.1) is 11.6 Å². The second-order valence-corrected chi connectivity index (χ2v) is 7.11. The summed E-state index contributed by atoms with van der Waals surface area (Å²) in [4.78, 5) is 7.42. The Morgan fingerprint density at radius 2 is 1.72 bits per heavy atom. The molecule has 2 heterocycles. The van der Waals surface area contributed by atoms with Crippen molar-refractivity contribution in [3.63, 3.8) is 0 Å². The molecule has 0 radical (unpaired) electrons. The number of hydrogen-bond acceptors (Lipinski definition) is 4. The van der Waals surface area contributed by atoms with E-state index in [4.69, 9.17) is 16.3 Å². The fraction of sp³-hybridized carbons (Fsp3) is 0.190. The van der Waals surface area contributed by atoms with Crippen molar-refractivity contribution < 1.29 is 26.7 Å². The van der Waals surface area contributed by atoms with E-state index in [-0.39, 0.29) is 36.0 Å². The van der Waals surface area contributed by atoms with Crippen LogP contribution in [0.15, 0.2) is 42.5 Å². The number of alkyl halides is 3. The van der Waals surface area contributed by atoms with E-state index in [2.05, 4.69) is 15.1 Å². The SMILES string of the molecule is CCOc1cc(F)c(Cn2nc(-c3nc(Cl)cc(C(F)(F)F)n3)c3ccccc32)c(F)c1. The van der Waals surface area contributed by atoms with E-state index in [0.29, 0.717) is 17.0 Å². The van der Waals surface area contributed by atoms with Crippen LogP contribution in [0.5, 0.6) is 5.75 Å². The van der Waals surface area contributed by atoms with Gasteiger partial charge in [-0.1, -0.05) is 29.8 Å². The van der Waals surface area contributed by atoms with Gasteiger partial charge in [-0.3, -0.25) is 4.68 Å². The number of fused-ring (bicyclic) bond motifs is 1. The summed E-state index contributed by atoms with van der Waals surface area (Å²) in [6, 6.07) is 9.24. The Morgan fingerprint density at radius 3 is 2.38 bits per heavy atom. The zero-order valence-electron chi connectivity index (χ0n) is 16.4. The molecular weight excluding hydrogens is 455 g/mol. The molecule has 0 amide bonds. The normalized spacial score (nSPS) is 11.8. The Hall–Kier alpha value is -3.27. The van der Waals surface area contributed by atoms with Crippen LogP contribution in [0.25, 0.3) is 22.4 Å². The van der Waals surface area contributed by atoms with Gasteiger partial charge >= 0.3 is 6.18 Å². The molecule has 2 aromatic carbocycles. The molecule has 0 aliphatic heterocycles. The molecule has 32 heavy (non-hydrogen) atoms. The van der Waals surface area contributed by atoms with Crippen molar-refractivity contribution >= 4 is 22.5 Å². The number of nitrogens with zero attached hydrogens (tertiary/aromatic N) is 4. The molecule has 166 valence electrons. The number of ether oxygens (including phenoxy) is 1. The van der Waals surface area contributed by atoms with Gasteiger partial charge in [-0.15, -0.1) is 0 Å². The summed E-state index contributed by atoms with van der Waals surface area (Å²) in [5.41, 5.74) is -1.08. The van der Waals surface area contributed by atoms with E-state index in [1.165, 1.54) is 4.68 Å². The molecule has 0 atom stereocenters. The monoisotopic (exact) mass is 468 g/mol. The number of halogens is 6. The van der Waals surface area contributed by atoms with Gasteiger partial charge in [0.2, 0.25) is 0 Å². The van der Waals surface area contributed by atoms with E-state index in [1.54, 1.807) is 31.2 Å². The summed E-state index contributed by atoms with van der Waals surface area (Å²) in [6.45, 7) is 1.60. The molecule has 0 spiro atoms. The lowest BCUT2D eigenvalue weighted by molar-refractivity contribution is -0.141. The molecule has 0 N–H and O–H groups in total. The van der Waals surface area contributed by atoms with E-state index >= 15 is 0 Å². The van der Waals surface area contributed by atoms with Gasteiger partial charge in [0.05, 0.1) is 18.7 Å². The third-order valence-electron chi connectivity index (χ3n) is 4.59. The van der Waals surface area contributed by atoms with Crippen LogP contribution >= 0.6 is 11.6 Å². The molecule has 0 saturated heterocycles. The van der Waals surface area contributed by atoms with Crippen molar-refractivity contribution in [2.45, 2.75) is 19.6 Å². The van der Waals surface area contributed by atoms with Crippen LogP contribution < -0.4 is 4.74 Å². The van der Waals surface area contributed by atoms with Crippen molar-refractivity contribution in [3.8, 4) is 17.3 Å². The van der Waals surface area contributed by atoms with Crippen molar-refractivity contribution in [1.29, 1.82) is 0 Å². The van der Waals surface area contributed by atoms with Gasteiger partial charge in [0, 0.05) is 29.1 Å². The highest BCUT2D eigenvalue weighted by Gasteiger charge is 2.34. The number of para-hydroxylation sites is 1. The maximum Gasteiger partial charge on any atom is 0.433 e. The lowest BCUT2D eigenvalue weighted by Crippen LogP contribution is -2.10. The number of hydrogen-bond donors (Lipinski definition) is 0. The van der Waals surface area contributed by atoms with Gasteiger partial charge in [0.15, 0.2) is 5.82 Å². The molecule has 11 heteroatoms.